The summed E-state index contributed by atoms with van der Waals surface area (Å²) < 4.78 is 31.1. The van der Waals surface area contributed by atoms with Gasteiger partial charge in [-0.3, -0.25) is 0 Å². The number of benzene rings is 10. The molecule has 12 aromatic rings. The first-order chi connectivity index (χ1) is 39.0. The number of aromatic nitrogens is 6. The summed E-state index contributed by atoms with van der Waals surface area (Å²) in [5, 5.41) is 0. The van der Waals surface area contributed by atoms with E-state index >= 15 is 0 Å². The van der Waals surface area contributed by atoms with Gasteiger partial charge in [0.25, 0.3) is 0 Å². The monoisotopic (exact) mass is 1030 g/mol. The van der Waals surface area contributed by atoms with Crippen LogP contribution in [0.1, 0.15) is 22.5 Å². The molecule has 79 heavy (non-hydrogen) atoms. The van der Waals surface area contributed by atoms with Crippen LogP contribution in [0.15, 0.2) is 267 Å². The Hall–Kier alpha value is -10.8. The Kier molecular flexibility index (Phi) is 14.6. The number of nitrogens with zero attached hydrogens (tertiary/aromatic N) is 6. The van der Waals surface area contributed by atoms with Gasteiger partial charge in [-0.2, -0.15) is 9.97 Å². The van der Waals surface area contributed by atoms with E-state index in [4.69, 9.17) is 33.7 Å². The summed E-state index contributed by atoms with van der Waals surface area (Å²) in [6, 6.07) is 88.2. The molecule has 0 saturated carbocycles. The molecule has 0 fully saturated rings. The topological polar surface area (TPSA) is 123 Å². The first-order valence-electron chi connectivity index (χ1n) is 25.7. The Morgan fingerprint density at radius 3 is 0.671 bits per heavy atom. The average Bonchev–Trinajstić information content (AvgIpc) is 3.52. The van der Waals surface area contributed by atoms with Crippen molar-refractivity contribution < 1.29 is 23.7 Å². The number of hydrogen-bond acceptors (Lipinski definition) is 11. The van der Waals surface area contributed by atoms with Crippen molar-refractivity contribution in [1.29, 1.82) is 0 Å². The van der Waals surface area contributed by atoms with Gasteiger partial charge in [0.15, 0.2) is 0 Å². The summed E-state index contributed by atoms with van der Waals surface area (Å²) in [4.78, 5) is 27.6. The predicted molar refractivity (Wildman–Crippen MR) is 306 cm³/mol. The molecule has 380 valence electrons. The Balaban J connectivity index is 0.730. The highest BCUT2D eigenvalue weighted by atomic mass is 16.5. The quantitative estimate of drug-likeness (QED) is 0.0816. The zero-order chi connectivity index (χ0) is 53.0. The maximum absolute atomic E-state index is 6.30. The Labute approximate surface area is 457 Å². The fourth-order valence-corrected chi connectivity index (χ4v) is 8.79. The summed E-state index contributed by atoms with van der Waals surface area (Å²) in [6.45, 7) is 0. The van der Waals surface area contributed by atoms with Gasteiger partial charge in [0.2, 0.25) is 0 Å². The molecule has 0 saturated heterocycles. The molecule has 0 N–H and O–H groups in total. The fourth-order valence-electron chi connectivity index (χ4n) is 8.79. The molecule has 0 unspecified atom stereocenters. The summed E-state index contributed by atoms with van der Waals surface area (Å²) in [5.41, 5.74) is 11.9. The third-order valence-corrected chi connectivity index (χ3v) is 12.8. The van der Waals surface area contributed by atoms with Gasteiger partial charge < -0.3 is 23.7 Å². The zero-order valence-corrected chi connectivity index (χ0v) is 42.5. The molecule has 0 aliphatic rings. The van der Waals surface area contributed by atoms with Crippen LogP contribution in [0.25, 0.3) is 44.5 Å². The van der Waals surface area contributed by atoms with E-state index in [1.165, 1.54) is 0 Å². The molecule has 0 spiro atoms. The van der Waals surface area contributed by atoms with E-state index in [1.54, 1.807) is 0 Å². The number of hydrogen-bond donors (Lipinski definition) is 0. The molecule has 11 nitrogen and oxygen atoms in total. The van der Waals surface area contributed by atoms with Gasteiger partial charge >= 0.3 is 30.1 Å². The lowest BCUT2D eigenvalue weighted by Crippen LogP contribution is -2.04. The Morgan fingerprint density at radius 2 is 0.392 bits per heavy atom. The van der Waals surface area contributed by atoms with E-state index < -0.39 is 0 Å². The minimum atomic E-state index is 0.00381. The molecule has 0 aliphatic carbocycles. The average molecular weight is 1030 g/mol. The van der Waals surface area contributed by atoms with Gasteiger partial charge in [-0.15, -0.1) is 19.9 Å². The fraction of sp³-hybridized carbons (Fsp3) is 0.0294. The summed E-state index contributed by atoms with van der Waals surface area (Å²) in [5.74, 6) is 3.25. The molecule has 12 rings (SSSR count). The van der Waals surface area contributed by atoms with Crippen LogP contribution in [0.3, 0.4) is 0 Å². The van der Waals surface area contributed by atoms with Crippen molar-refractivity contribution in [3.63, 3.8) is 0 Å². The summed E-state index contributed by atoms with van der Waals surface area (Å²) in [7, 11) is 0. The van der Waals surface area contributed by atoms with Crippen molar-refractivity contribution in [3.8, 4) is 103 Å². The highest BCUT2D eigenvalue weighted by Crippen LogP contribution is 2.32. The van der Waals surface area contributed by atoms with Gasteiger partial charge in [0.05, 0.1) is 0 Å². The third kappa shape index (κ3) is 12.8. The van der Waals surface area contributed by atoms with Gasteiger partial charge in [-0.05, 0) is 128 Å². The van der Waals surface area contributed by atoms with E-state index in [9.17, 15) is 0 Å². The molecular weight excluding hydrogens is 981 g/mol. The van der Waals surface area contributed by atoms with Gasteiger partial charge in [0, 0.05) is 6.42 Å². The van der Waals surface area contributed by atoms with Crippen molar-refractivity contribution in [1.82, 2.24) is 29.9 Å². The predicted octanol–water partition coefficient (Wildman–Crippen LogP) is 16.9. The standard InChI is InChI=1S/C68H48N6O5/c1-5-13-50(14-6-1)54-27-21-49(22-28-54)46-63-69-64(71-65(70-63)76-60-39-29-55(30-40-60)51-15-7-2-8-16-51)75-58-35-23-47(24-36-58)45-48-25-37-59(38-26-48)77-66-72-67(78-61-41-31-56(32-42-61)52-17-9-3-10-18-52)74-68(73-66)79-62-43-33-57(34-44-62)53-19-11-4-12-20-53/h1-44H,45-46H2. The van der Waals surface area contributed by atoms with Crippen LogP contribution in [-0.4, -0.2) is 29.9 Å². The smallest absolute Gasteiger partial charge is 0.331 e. The van der Waals surface area contributed by atoms with E-state index in [1.807, 2.05) is 194 Å². The highest BCUT2D eigenvalue weighted by Gasteiger charge is 2.16. The second kappa shape index (κ2) is 23.4. The lowest BCUT2D eigenvalue weighted by atomic mass is 10.0. The molecule has 0 aliphatic heterocycles. The molecular formula is C68H48N6O5. The van der Waals surface area contributed by atoms with Crippen LogP contribution in [-0.2, 0) is 12.8 Å². The van der Waals surface area contributed by atoms with E-state index in [-0.39, 0.29) is 30.1 Å². The van der Waals surface area contributed by atoms with Crippen LogP contribution in [0.4, 0.5) is 0 Å². The molecule has 0 radical (unpaired) electrons. The van der Waals surface area contributed by atoms with Crippen molar-refractivity contribution >= 4 is 0 Å². The van der Waals surface area contributed by atoms with Crippen molar-refractivity contribution in [2.45, 2.75) is 12.8 Å². The van der Waals surface area contributed by atoms with Gasteiger partial charge in [-0.1, -0.05) is 206 Å². The van der Waals surface area contributed by atoms with Crippen molar-refractivity contribution in [3.05, 3.63) is 289 Å². The first kappa shape index (κ1) is 49.1. The molecule has 0 bridgehead atoms. The molecule has 2 aromatic heterocycles. The van der Waals surface area contributed by atoms with Crippen LogP contribution in [0.2, 0.25) is 0 Å². The van der Waals surface area contributed by atoms with Crippen LogP contribution < -0.4 is 23.7 Å². The molecule has 2 heterocycles. The van der Waals surface area contributed by atoms with Crippen molar-refractivity contribution in [2.75, 3.05) is 0 Å². The van der Waals surface area contributed by atoms with E-state index in [0.717, 1.165) is 61.2 Å². The Morgan fingerprint density at radius 1 is 0.190 bits per heavy atom. The normalized spacial score (nSPS) is 10.9. The van der Waals surface area contributed by atoms with Gasteiger partial charge in [-0.25, -0.2) is 0 Å². The van der Waals surface area contributed by atoms with Crippen LogP contribution >= 0.6 is 0 Å². The van der Waals surface area contributed by atoms with Crippen LogP contribution in [0, 0.1) is 0 Å². The molecule has 0 amide bonds. The highest BCUT2D eigenvalue weighted by molar-refractivity contribution is 5.66. The maximum Gasteiger partial charge on any atom is 0.331 e. The lowest BCUT2D eigenvalue weighted by Gasteiger charge is -2.11. The first-order valence-corrected chi connectivity index (χ1v) is 25.7. The minimum absolute atomic E-state index is 0.00381. The SMILES string of the molecule is c1ccc(-c2ccc(Cc3nc(Oc4ccc(Cc5ccc(Oc6nc(Oc7ccc(-c8ccccc8)cc7)nc(Oc7ccc(-c8ccccc8)cc7)n6)cc5)cc4)nc(Oc4ccc(-c5ccccc5)cc4)n3)cc2)cc1. The van der Waals surface area contributed by atoms with Crippen molar-refractivity contribution in [2.24, 2.45) is 0 Å². The van der Waals surface area contributed by atoms with Gasteiger partial charge in [0.1, 0.15) is 34.6 Å². The van der Waals surface area contributed by atoms with Crippen LogP contribution in [0.5, 0.6) is 58.8 Å². The number of ether oxygens (including phenoxy) is 5. The maximum atomic E-state index is 6.30. The largest absolute Gasteiger partial charge is 0.424 e. The molecule has 10 aromatic carbocycles. The molecule has 0 atom stereocenters. The molecule has 11 heteroatoms. The number of rotatable bonds is 18. The third-order valence-electron chi connectivity index (χ3n) is 12.8. The zero-order valence-electron chi connectivity index (χ0n) is 42.5. The second-order valence-corrected chi connectivity index (χ2v) is 18.4. The summed E-state index contributed by atoms with van der Waals surface area (Å²) in [6.07, 6.45) is 1.09. The Bertz CT molecular complexity index is 3450. The van der Waals surface area contributed by atoms with E-state index in [0.29, 0.717) is 47.4 Å². The lowest BCUT2D eigenvalue weighted by molar-refractivity contribution is 0.362. The van der Waals surface area contributed by atoms with E-state index in [2.05, 4.69) is 92.7 Å². The second-order valence-electron chi connectivity index (χ2n) is 18.4. The minimum Gasteiger partial charge on any atom is -0.424 e. The summed E-state index contributed by atoms with van der Waals surface area (Å²) >= 11 is 0.